The van der Waals surface area contributed by atoms with Gasteiger partial charge in [0.05, 0.1) is 10.7 Å². The largest absolute Gasteiger partial charge is 0.573 e. The SMILES string of the molecule is Cc1nc2ccc(Cl)cn2c1C(=O)NCc1cc(F)c2c(c1)CCN(c1ccc(OC(F)(F)F)cc1)C2. The number of amides is 1. The summed E-state index contributed by atoms with van der Waals surface area (Å²) in [6.07, 6.45) is -2.60. The Labute approximate surface area is 214 Å². The number of imidazole rings is 1. The van der Waals surface area contributed by atoms with Crippen molar-refractivity contribution in [3.05, 3.63) is 93.6 Å². The molecule has 0 atom stereocenters. The Morgan fingerprint density at radius 1 is 1.16 bits per heavy atom. The maximum Gasteiger partial charge on any atom is 0.573 e. The third-order valence-electron chi connectivity index (χ3n) is 6.21. The van der Waals surface area contributed by atoms with Gasteiger partial charge in [0.15, 0.2) is 0 Å². The third-order valence-corrected chi connectivity index (χ3v) is 6.43. The summed E-state index contributed by atoms with van der Waals surface area (Å²) in [6, 6.07) is 12.2. The van der Waals surface area contributed by atoms with Gasteiger partial charge in [-0.3, -0.25) is 9.20 Å². The molecule has 0 radical (unpaired) electrons. The molecule has 6 nitrogen and oxygen atoms in total. The van der Waals surface area contributed by atoms with Gasteiger partial charge in [0.2, 0.25) is 0 Å². The Bertz CT molecular complexity index is 1480. The van der Waals surface area contributed by atoms with Crippen LogP contribution in [0.25, 0.3) is 5.65 Å². The van der Waals surface area contributed by atoms with Crippen LogP contribution in [0.15, 0.2) is 54.7 Å². The van der Waals surface area contributed by atoms with Crippen LogP contribution in [0.1, 0.15) is 32.9 Å². The number of carbonyl (C=O) groups excluding carboxylic acids is 1. The zero-order valence-corrected chi connectivity index (χ0v) is 20.3. The first-order valence-corrected chi connectivity index (χ1v) is 11.8. The van der Waals surface area contributed by atoms with Crippen molar-refractivity contribution in [3.63, 3.8) is 0 Å². The minimum Gasteiger partial charge on any atom is -0.406 e. The zero-order valence-electron chi connectivity index (χ0n) is 19.6. The molecule has 1 amide bonds. The molecule has 0 unspecified atom stereocenters. The fraction of sp³-hybridized carbons (Fsp3) is 0.231. The lowest BCUT2D eigenvalue weighted by Crippen LogP contribution is -2.31. The van der Waals surface area contributed by atoms with E-state index in [0.717, 1.165) is 5.56 Å². The van der Waals surface area contributed by atoms with Crippen molar-refractivity contribution in [2.24, 2.45) is 0 Å². The highest BCUT2D eigenvalue weighted by Gasteiger charge is 2.31. The van der Waals surface area contributed by atoms with E-state index in [1.165, 1.54) is 30.3 Å². The van der Waals surface area contributed by atoms with Gasteiger partial charge in [-0.1, -0.05) is 17.7 Å². The Balaban J connectivity index is 1.28. The van der Waals surface area contributed by atoms with Crippen LogP contribution in [0.3, 0.4) is 0 Å². The number of hydrogen-bond acceptors (Lipinski definition) is 4. The number of aryl methyl sites for hydroxylation is 1. The molecule has 4 aromatic rings. The lowest BCUT2D eigenvalue weighted by atomic mass is 9.96. The second-order valence-electron chi connectivity index (χ2n) is 8.73. The number of ether oxygens (including phenoxy) is 1. The van der Waals surface area contributed by atoms with Crippen molar-refractivity contribution >= 4 is 28.8 Å². The van der Waals surface area contributed by atoms with Gasteiger partial charge < -0.3 is 15.0 Å². The van der Waals surface area contributed by atoms with Crippen LogP contribution in [0.4, 0.5) is 23.2 Å². The van der Waals surface area contributed by atoms with E-state index in [-0.39, 0.29) is 24.7 Å². The molecule has 37 heavy (non-hydrogen) atoms. The molecule has 0 aliphatic carbocycles. The number of rotatable bonds is 5. The molecular weight excluding hydrogens is 512 g/mol. The first kappa shape index (κ1) is 24.9. The van der Waals surface area contributed by atoms with Crippen molar-refractivity contribution < 1.29 is 27.1 Å². The van der Waals surface area contributed by atoms with E-state index in [1.807, 2.05) is 11.0 Å². The first-order valence-electron chi connectivity index (χ1n) is 11.4. The van der Waals surface area contributed by atoms with Gasteiger partial charge >= 0.3 is 6.36 Å². The van der Waals surface area contributed by atoms with Crippen LogP contribution < -0.4 is 15.0 Å². The van der Waals surface area contributed by atoms with E-state index in [1.54, 1.807) is 29.7 Å². The summed E-state index contributed by atoms with van der Waals surface area (Å²) in [7, 11) is 0. The van der Waals surface area contributed by atoms with Crippen molar-refractivity contribution in [1.29, 1.82) is 0 Å². The van der Waals surface area contributed by atoms with E-state index in [2.05, 4.69) is 15.0 Å². The van der Waals surface area contributed by atoms with Crippen LogP contribution in [0.5, 0.6) is 5.75 Å². The molecule has 0 spiro atoms. The average Bonchev–Trinajstić information content (AvgIpc) is 3.17. The van der Waals surface area contributed by atoms with E-state index < -0.39 is 12.2 Å². The van der Waals surface area contributed by atoms with E-state index in [4.69, 9.17) is 11.6 Å². The fourth-order valence-electron chi connectivity index (χ4n) is 4.54. The molecule has 1 N–H and O–H groups in total. The van der Waals surface area contributed by atoms with Gasteiger partial charge in [-0.05, 0) is 66.9 Å². The number of benzene rings is 2. The van der Waals surface area contributed by atoms with Gasteiger partial charge in [-0.25, -0.2) is 9.37 Å². The number of nitrogens with zero attached hydrogens (tertiary/aromatic N) is 3. The number of anilines is 1. The van der Waals surface area contributed by atoms with Crippen LogP contribution in [0, 0.1) is 12.7 Å². The number of halogens is 5. The summed E-state index contributed by atoms with van der Waals surface area (Å²) in [5, 5.41) is 3.30. The minimum atomic E-state index is -4.76. The quantitative estimate of drug-likeness (QED) is 0.329. The summed E-state index contributed by atoms with van der Waals surface area (Å²) in [4.78, 5) is 19.2. The topological polar surface area (TPSA) is 58.9 Å². The molecule has 2 aromatic carbocycles. The maximum atomic E-state index is 15.1. The van der Waals surface area contributed by atoms with E-state index in [0.29, 0.717) is 51.8 Å². The minimum absolute atomic E-state index is 0.126. The molecule has 0 saturated carbocycles. The summed E-state index contributed by atoms with van der Waals surface area (Å²) >= 11 is 6.07. The van der Waals surface area contributed by atoms with Crippen LogP contribution >= 0.6 is 11.6 Å². The van der Waals surface area contributed by atoms with Crippen molar-refractivity contribution in [2.45, 2.75) is 32.8 Å². The third kappa shape index (κ3) is 5.34. The fourth-order valence-corrected chi connectivity index (χ4v) is 4.70. The average molecular weight is 533 g/mol. The molecule has 1 aliphatic rings. The molecule has 5 rings (SSSR count). The molecular formula is C26H21ClF4N4O2. The number of hydrogen-bond donors (Lipinski definition) is 1. The lowest BCUT2D eigenvalue weighted by Gasteiger charge is -2.31. The van der Waals surface area contributed by atoms with Gasteiger partial charge in [0.1, 0.15) is 22.9 Å². The van der Waals surface area contributed by atoms with Gasteiger partial charge in [0, 0.05) is 37.1 Å². The number of pyridine rings is 1. The monoisotopic (exact) mass is 532 g/mol. The van der Waals surface area contributed by atoms with Crippen LogP contribution in [-0.4, -0.2) is 28.2 Å². The lowest BCUT2D eigenvalue weighted by molar-refractivity contribution is -0.274. The Kier molecular flexibility index (Phi) is 6.45. The Morgan fingerprint density at radius 2 is 1.92 bits per heavy atom. The number of alkyl halides is 3. The van der Waals surface area contributed by atoms with E-state index >= 15 is 4.39 Å². The predicted octanol–water partition coefficient (Wildman–Crippen LogP) is 5.83. The molecule has 2 aromatic heterocycles. The maximum absolute atomic E-state index is 15.1. The summed E-state index contributed by atoms with van der Waals surface area (Å²) in [6.45, 7) is 2.69. The number of fused-ring (bicyclic) bond motifs is 2. The Hall–Kier alpha value is -3.79. The standard InChI is InChI=1S/C26H21ClF4N4O2/c1-15-24(35-13-18(27)2-7-23(35)33-15)25(36)32-12-16-10-17-8-9-34(14-21(17)22(28)11-16)19-3-5-20(6-4-19)37-26(29,30)31/h2-7,10-11,13H,8-9,12,14H2,1H3,(H,32,36). The summed E-state index contributed by atoms with van der Waals surface area (Å²) < 4.78 is 57.8. The number of nitrogens with one attached hydrogen (secondary N) is 1. The highest BCUT2D eigenvalue weighted by molar-refractivity contribution is 6.30. The van der Waals surface area contributed by atoms with Gasteiger partial charge in [-0.2, -0.15) is 0 Å². The molecule has 3 heterocycles. The molecule has 0 saturated heterocycles. The number of carbonyl (C=O) groups is 1. The van der Waals surface area contributed by atoms with Crippen molar-refractivity contribution in [3.8, 4) is 5.75 Å². The van der Waals surface area contributed by atoms with Gasteiger partial charge in [0.25, 0.3) is 5.91 Å². The van der Waals surface area contributed by atoms with Crippen LogP contribution in [0.2, 0.25) is 5.02 Å². The second-order valence-corrected chi connectivity index (χ2v) is 9.17. The molecule has 0 fully saturated rings. The normalized spacial score (nSPS) is 13.5. The first-order chi connectivity index (χ1) is 17.6. The highest BCUT2D eigenvalue weighted by atomic mass is 35.5. The molecule has 11 heteroatoms. The number of aromatic nitrogens is 2. The molecule has 1 aliphatic heterocycles. The zero-order chi connectivity index (χ0) is 26.3. The van der Waals surface area contributed by atoms with E-state index in [9.17, 15) is 18.0 Å². The van der Waals surface area contributed by atoms with Crippen LogP contribution in [-0.2, 0) is 19.5 Å². The second kappa shape index (κ2) is 9.59. The molecule has 192 valence electrons. The predicted molar refractivity (Wildman–Crippen MR) is 130 cm³/mol. The highest BCUT2D eigenvalue weighted by Crippen LogP contribution is 2.30. The molecule has 0 bridgehead atoms. The smallest absolute Gasteiger partial charge is 0.406 e. The Morgan fingerprint density at radius 3 is 2.65 bits per heavy atom. The van der Waals surface area contributed by atoms with Gasteiger partial charge in [-0.15, -0.1) is 13.2 Å². The summed E-state index contributed by atoms with van der Waals surface area (Å²) in [5.41, 5.74) is 4.14. The van der Waals surface area contributed by atoms with Crippen molar-refractivity contribution in [1.82, 2.24) is 14.7 Å². The van der Waals surface area contributed by atoms with Crippen molar-refractivity contribution in [2.75, 3.05) is 11.4 Å². The summed E-state index contributed by atoms with van der Waals surface area (Å²) in [5.74, 6) is -1.07.